The summed E-state index contributed by atoms with van der Waals surface area (Å²) in [6.45, 7) is 16.2. The molecular weight excluding hydrogens is 518 g/mol. The lowest BCUT2D eigenvalue weighted by atomic mass is 9.87. The van der Waals surface area contributed by atoms with Crippen molar-refractivity contribution in [2.75, 3.05) is 0 Å². The standard InChI is InChI=1S/C22H30I2/c1-16(23-19-12-8-17(9-13-19)21(2,3)4)24-20-14-10-18(11-15-20)22(5,6)7/h8-16H,1-7H3/q+2. The normalized spacial score (nSPS) is 12.7. The van der Waals surface area contributed by atoms with Crippen LogP contribution >= 0.6 is 0 Å². The highest BCUT2D eigenvalue weighted by molar-refractivity contribution is 5.22. The van der Waals surface area contributed by atoms with Crippen LogP contribution in [0.2, 0.25) is 0 Å². The molecule has 0 saturated carbocycles. The topological polar surface area (TPSA) is 0 Å². The summed E-state index contributed by atoms with van der Waals surface area (Å²) in [5.74, 6) is 0. The Bertz CT molecular complexity index is 581. The van der Waals surface area contributed by atoms with Crippen LogP contribution in [0, 0.1) is 7.14 Å². The molecule has 0 saturated heterocycles. The summed E-state index contributed by atoms with van der Waals surface area (Å²) in [6, 6.07) is 18.8. The highest BCUT2D eigenvalue weighted by Gasteiger charge is 2.35. The lowest BCUT2D eigenvalue weighted by Gasteiger charge is -2.18. The Kier molecular flexibility index (Phi) is 6.79. The maximum Gasteiger partial charge on any atom is 0.372 e. The molecule has 0 N–H and O–H groups in total. The predicted molar refractivity (Wildman–Crippen MR) is 97.1 cm³/mol. The van der Waals surface area contributed by atoms with Gasteiger partial charge in [0, 0.05) is 6.92 Å². The van der Waals surface area contributed by atoms with E-state index in [0.29, 0.717) is 0 Å². The molecule has 0 spiro atoms. The third kappa shape index (κ3) is 6.01. The van der Waals surface area contributed by atoms with Crippen LogP contribution in [0.4, 0.5) is 0 Å². The van der Waals surface area contributed by atoms with E-state index >= 15 is 0 Å². The maximum atomic E-state index is 2.45. The zero-order valence-corrected chi connectivity index (χ0v) is 20.3. The zero-order chi connectivity index (χ0) is 18.0. The van der Waals surface area contributed by atoms with Crippen molar-refractivity contribution in [2.24, 2.45) is 0 Å². The van der Waals surface area contributed by atoms with Gasteiger partial charge in [0.2, 0.25) is 0 Å². The first-order valence-corrected chi connectivity index (χ1v) is 13.2. The van der Waals surface area contributed by atoms with E-state index in [9.17, 15) is 0 Å². The molecule has 2 aromatic rings. The van der Waals surface area contributed by atoms with E-state index < -0.39 is 0 Å². The van der Waals surface area contributed by atoms with Gasteiger partial charge in [-0.25, -0.2) is 0 Å². The van der Waals surface area contributed by atoms with Crippen LogP contribution < -0.4 is 42.4 Å². The fourth-order valence-corrected chi connectivity index (χ4v) is 10.5. The van der Waals surface area contributed by atoms with E-state index in [0.717, 1.165) is 1.93 Å². The molecular formula is C22H30I2+2. The molecule has 0 atom stereocenters. The van der Waals surface area contributed by atoms with Crippen LogP contribution in [-0.4, -0.2) is 1.93 Å². The van der Waals surface area contributed by atoms with Gasteiger partial charge in [-0.2, -0.15) is 0 Å². The van der Waals surface area contributed by atoms with E-state index in [2.05, 4.69) is 97.0 Å². The second-order valence-electron chi connectivity index (χ2n) is 8.25. The molecule has 24 heavy (non-hydrogen) atoms. The molecule has 0 fully saturated rings. The van der Waals surface area contributed by atoms with E-state index in [1.807, 2.05) is 0 Å². The second-order valence-corrected chi connectivity index (χ2v) is 18.1. The fraction of sp³-hybridized carbons (Fsp3) is 0.455. The Labute approximate surface area is 169 Å². The molecule has 0 bridgehead atoms. The minimum atomic E-state index is 0.107. The molecule has 0 radical (unpaired) electrons. The molecule has 0 aliphatic carbocycles. The summed E-state index contributed by atoms with van der Waals surface area (Å²) < 4.78 is 4.05. The van der Waals surface area contributed by atoms with Gasteiger partial charge in [-0.3, -0.25) is 0 Å². The van der Waals surface area contributed by atoms with Crippen molar-refractivity contribution in [3.05, 3.63) is 66.8 Å². The molecule has 2 heteroatoms. The maximum absolute atomic E-state index is 2.45. The Morgan fingerprint density at radius 1 is 0.583 bits per heavy atom. The van der Waals surface area contributed by atoms with Crippen LogP contribution in [0.5, 0.6) is 0 Å². The average molecular weight is 548 g/mol. The lowest BCUT2D eigenvalue weighted by molar-refractivity contribution is -0.876. The Balaban J connectivity index is 1.97. The number of benzene rings is 2. The number of rotatable bonds is 4. The molecule has 2 rings (SSSR count). The first-order valence-electron chi connectivity index (χ1n) is 8.53. The second kappa shape index (κ2) is 8.07. The molecule has 0 aromatic heterocycles. The third-order valence-corrected chi connectivity index (χ3v) is 11.7. The van der Waals surface area contributed by atoms with E-state index in [4.69, 9.17) is 0 Å². The van der Waals surface area contributed by atoms with Crippen LogP contribution in [0.1, 0.15) is 59.6 Å². The number of halogens is 2. The quantitative estimate of drug-likeness (QED) is 0.369. The minimum absolute atomic E-state index is 0.107. The first kappa shape index (κ1) is 20.2. The van der Waals surface area contributed by atoms with Crippen LogP contribution in [-0.2, 0) is 10.8 Å². The van der Waals surface area contributed by atoms with Gasteiger partial charge in [-0.1, -0.05) is 65.8 Å². The Hall–Kier alpha value is -0.100. The van der Waals surface area contributed by atoms with E-state index in [1.165, 1.54) is 11.1 Å². The summed E-state index contributed by atoms with van der Waals surface area (Å²) in [7, 11) is 0. The van der Waals surface area contributed by atoms with Crippen LogP contribution in [0.3, 0.4) is 0 Å². The van der Waals surface area contributed by atoms with Gasteiger partial charge in [0.05, 0.1) is 0 Å². The highest BCUT2D eigenvalue weighted by atomic mass is 127. The van der Waals surface area contributed by atoms with Gasteiger partial charge in [0.15, 0.2) is 7.14 Å². The molecule has 0 aliphatic rings. The lowest BCUT2D eigenvalue weighted by Crippen LogP contribution is -3.87. The van der Waals surface area contributed by atoms with Gasteiger partial charge in [-0.15, -0.1) is 0 Å². The number of hydrogen-bond acceptors (Lipinski definition) is 0. The van der Waals surface area contributed by atoms with Crippen molar-refractivity contribution in [3.63, 3.8) is 0 Å². The van der Waals surface area contributed by atoms with Gasteiger partial charge >= 0.3 is 44.3 Å². The predicted octanol–water partition coefficient (Wildman–Crippen LogP) is -0.155. The van der Waals surface area contributed by atoms with E-state index in [-0.39, 0.29) is 53.2 Å². The molecule has 0 aliphatic heterocycles. The molecule has 130 valence electrons. The summed E-state index contributed by atoms with van der Waals surface area (Å²) in [5.41, 5.74) is 3.39. The molecule has 0 amide bonds. The Morgan fingerprint density at radius 2 is 0.875 bits per heavy atom. The van der Waals surface area contributed by atoms with Crippen LogP contribution in [0.25, 0.3) is 0 Å². The molecule has 0 unspecified atom stereocenters. The molecule has 0 nitrogen and oxygen atoms in total. The van der Waals surface area contributed by atoms with Crippen LogP contribution in [0.15, 0.2) is 48.5 Å². The number of alkyl halides is 2. The summed E-state index contributed by atoms with van der Waals surface area (Å²) >= 11 is 0.213. The fourth-order valence-electron chi connectivity index (χ4n) is 2.41. The molecule has 0 heterocycles. The van der Waals surface area contributed by atoms with E-state index in [1.54, 1.807) is 7.14 Å². The van der Waals surface area contributed by atoms with Gasteiger partial charge in [-0.05, 0) is 46.2 Å². The number of hydrogen-bond donors (Lipinski definition) is 0. The summed E-state index contributed by atoms with van der Waals surface area (Å²) in [5, 5.41) is 0. The van der Waals surface area contributed by atoms with Crippen molar-refractivity contribution in [1.82, 2.24) is 0 Å². The first-order chi connectivity index (χ1) is 11.1. The smallest absolute Gasteiger partial charge is 0.0561 e. The average Bonchev–Trinajstić information content (AvgIpc) is 2.46. The summed E-state index contributed by atoms with van der Waals surface area (Å²) in [4.78, 5) is 0. The van der Waals surface area contributed by atoms with Gasteiger partial charge in [0.1, 0.15) is 0 Å². The van der Waals surface area contributed by atoms with Crippen molar-refractivity contribution < 1.29 is 42.4 Å². The van der Waals surface area contributed by atoms with Crippen molar-refractivity contribution >= 4 is 0 Å². The van der Waals surface area contributed by atoms with Crippen molar-refractivity contribution in [2.45, 2.75) is 61.2 Å². The molecule has 2 aromatic carbocycles. The monoisotopic (exact) mass is 548 g/mol. The highest BCUT2D eigenvalue weighted by Crippen LogP contribution is 2.21. The van der Waals surface area contributed by atoms with Crippen molar-refractivity contribution in [1.29, 1.82) is 0 Å². The largest absolute Gasteiger partial charge is 0.372 e. The third-order valence-electron chi connectivity index (χ3n) is 3.97. The van der Waals surface area contributed by atoms with Gasteiger partial charge < -0.3 is 0 Å². The van der Waals surface area contributed by atoms with Gasteiger partial charge in [0.25, 0.3) is 0 Å². The van der Waals surface area contributed by atoms with Crippen molar-refractivity contribution in [3.8, 4) is 0 Å². The SMILES string of the molecule is CC([I+]c1ccc(C(C)(C)C)cc1)[I+]c1ccc(C(C)(C)C)cc1. The summed E-state index contributed by atoms with van der Waals surface area (Å²) in [6.07, 6.45) is 0. The Morgan fingerprint density at radius 3 is 1.12 bits per heavy atom. The minimum Gasteiger partial charge on any atom is -0.0561 e. The zero-order valence-electron chi connectivity index (χ0n) is 16.0.